The van der Waals surface area contributed by atoms with E-state index in [1.54, 1.807) is 13.2 Å². The molecule has 112 valence electrons. The summed E-state index contributed by atoms with van der Waals surface area (Å²) >= 11 is 12.3. The van der Waals surface area contributed by atoms with Crippen molar-refractivity contribution in [1.82, 2.24) is 0 Å². The van der Waals surface area contributed by atoms with E-state index in [1.165, 1.54) is 25.7 Å². The molecule has 1 aliphatic carbocycles. The lowest BCUT2D eigenvalue weighted by atomic mass is 9.83. The van der Waals surface area contributed by atoms with E-state index in [1.807, 2.05) is 12.1 Å². The number of hydrogen-bond acceptors (Lipinski definition) is 2. The SMILES string of the molecule is COC1(C(N)Cc2cc(Cl)ccc2Cl)CCCCCC1. The van der Waals surface area contributed by atoms with Crippen LogP contribution in [-0.4, -0.2) is 18.8 Å². The first-order valence-electron chi connectivity index (χ1n) is 7.32. The molecule has 0 saturated heterocycles. The van der Waals surface area contributed by atoms with E-state index in [9.17, 15) is 0 Å². The lowest BCUT2D eigenvalue weighted by molar-refractivity contribution is -0.0430. The van der Waals surface area contributed by atoms with Crippen molar-refractivity contribution < 1.29 is 4.74 Å². The smallest absolute Gasteiger partial charge is 0.0832 e. The number of rotatable bonds is 4. The lowest BCUT2D eigenvalue weighted by Crippen LogP contribution is -2.50. The van der Waals surface area contributed by atoms with Crippen LogP contribution in [0.4, 0.5) is 0 Å². The topological polar surface area (TPSA) is 35.2 Å². The maximum Gasteiger partial charge on any atom is 0.0832 e. The van der Waals surface area contributed by atoms with Gasteiger partial charge in [0.05, 0.1) is 5.60 Å². The molecule has 2 N–H and O–H groups in total. The predicted octanol–water partition coefficient (Wildman–Crippen LogP) is 4.60. The molecule has 0 bridgehead atoms. The van der Waals surface area contributed by atoms with Gasteiger partial charge in [-0.1, -0.05) is 48.9 Å². The molecular formula is C16H23Cl2NO. The van der Waals surface area contributed by atoms with Crippen LogP contribution in [0.2, 0.25) is 10.0 Å². The molecule has 0 aromatic heterocycles. The average Bonchev–Trinajstić information content (AvgIpc) is 2.69. The van der Waals surface area contributed by atoms with Gasteiger partial charge in [0, 0.05) is 23.2 Å². The summed E-state index contributed by atoms with van der Waals surface area (Å²) in [7, 11) is 1.78. The summed E-state index contributed by atoms with van der Waals surface area (Å²) in [4.78, 5) is 0. The van der Waals surface area contributed by atoms with Crippen molar-refractivity contribution in [3.8, 4) is 0 Å². The molecule has 0 spiro atoms. The van der Waals surface area contributed by atoms with Crippen LogP contribution in [-0.2, 0) is 11.2 Å². The Morgan fingerprint density at radius 2 is 1.85 bits per heavy atom. The van der Waals surface area contributed by atoms with Gasteiger partial charge in [-0.2, -0.15) is 0 Å². The number of halogens is 2. The lowest BCUT2D eigenvalue weighted by Gasteiger charge is -2.37. The van der Waals surface area contributed by atoms with Gasteiger partial charge < -0.3 is 10.5 Å². The van der Waals surface area contributed by atoms with E-state index >= 15 is 0 Å². The van der Waals surface area contributed by atoms with E-state index < -0.39 is 0 Å². The van der Waals surface area contributed by atoms with Crippen LogP contribution in [0.15, 0.2) is 18.2 Å². The van der Waals surface area contributed by atoms with Gasteiger partial charge in [-0.15, -0.1) is 0 Å². The van der Waals surface area contributed by atoms with Gasteiger partial charge in [-0.3, -0.25) is 0 Å². The Labute approximate surface area is 131 Å². The zero-order valence-corrected chi connectivity index (χ0v) is 13.5. The minimum Gasteiger partial charge on any atom is -0.377 e. The molecule has 2 nitrogen and oxygen atoms in total. The second kappa shape index (κ2) is 7.13. The first-order valence-corrected chi connectivity index (χ1v) is 8.08. The van der Waals surface area contributed by atoms with Gasteiger partial charge >= 0.3 is 0 Å². The van der Waals surface area contributed by atoms with Crippen LogP contribution >= 0.6 is 23.2 Å². The van der Waals surface area contributed by atoms with Crippen LogP contribution in [0.1, 0.15) is 44.1 Å². The summed E-state index contributed by atoms with van der Waals surface area (Å²) in [5.74, 6) is 0. The van der Waals surface area contributed by atoms with Gasteiger partial charge in [-0.05, 0) is 43.0 Å². The molecule has 1 aromatic rings. The molecule has 1 fully saturated rings. The van der Waals surface area contributed by atoms with Crippen molar-refractivity contribution >= 4 is 23.2 Å². The summed E-state index contributed by atoms with van der Waals surface area (Å²) in [5.41, 5.74) is 7.27. The Hall–Kier alpha value is -0.280. The largest absolute Gasteiger partial charge is 0.377 e. The number of ether oxygens (including phenoxy) is 1. The number of methoxy groups -OCH3 is 1. The molecule has 1 unspecified atom stereocenters. The van der Waals surface area contributed by atoms with E-state index in [4.69, 9.17) is 33.7 Å². The van der Waals surface area contributed by atoms with Crippen LogP contribution < -0.4 is 5.73 Å². The van der Waals surface area contributed by atoms with Gasteiger partial charge in [0.2, 0.25) is 0 Å². The molecule has 1 aromatic carbocycles. The molecular weight excluding hydrogens is 293 g/mol. The summed E-state index contributed by atoms with van der Waals surface area (Å²) in [6.45, 7) is 0. The highest BCUT2D eigenvalue weighted by Gasteiger charge is 2.37. The minimum absolute atomic E-state index is 0.0541. The van der Waals surface area contributed by atoms with E-state index in [-0.39, 0.29) is 11.6 Å². The quantitative estimate of drug-likeness (QED) is 0.824. The Balaban J connectivity index is 2.16. The second-order valence-corrected chi connectivity index (χ2v) is 6.57. The molecule has 1 saturated carbocycles. The highest BCUT2D eigenvalue weighted by molar-refractivity contribution is 6.33. The molecule has 4 heteroatoms. The van der Waals surface area contributed by atoms with E-state index in [2.05, 4.69) is 0 Å². The predicted molar refractivity (Wildman–Crippen MR) is 85.6 cm³/mol. The third kappa shape index (κ3) is 3.67. The van der Waals surface area contributed by atoms with Gasteiger partial charge in [0.15, 0.2) is 0 Å². The molecule has 0 aliphatic heterocycles. The van der Waals surface area contributed by atoms with E-state index in [0.29, 0.717) is 11.4 Å². The van der Waals surface area contributed by atoms with E-state index in [0.717, 1.165) is 23.4 Å². The Kier molecular flexibility index (Phi) is 5.74. The average molecular weight is 316 g/mol. The highest BCUT2D eigenvalue weighted by atomic mass is 35.5. The maximum atomic E-state index is 6.49. The molecule has 2 rings (SSSR count). The first kappa shape index (κ1) is 16.1. The molecule has 1 atom stereocenters. The summed E-state index contributed by atoms with van der Waals surface area (Å²) in [6, 6.07) is 5.49. The molecule has 20 heavy (non-hydrogen) atoms. The number of benzene rings is 1. The standard InChI is InChI=1S/C16H23Cl2NO/c1-20-16(8-4-2-3-5-9-16)15(19)11-12-10-13(17)6-7-14(12)18/h6-7,10,15H,2-5,8-9,11,19H2,1H3. The summed E-state index contributed by atoms with van der Waals surface area (Å²) in [5, 5.41) is 1.42. The van der Waals surface area contributed by atoms with Crippen LogP contribution in [0.25, 0.3) is 0 Å². The third-order valence-corrected chi connectivity index (χ3v) is 5.08. The Morgan fingerprint density at radius 3 is 2.45 bits per heavy atom. The first-order chi connectivity index (χ1) is 9.57. The third-order valence-electron chi connectivity index (χ3n) is 4.48. The zero-order valence-electron chi connectivity index (χ0n) is 12.0. The number of nitrogens with two attached hydrogens (primary N) is 1. The summed E-state index contributed by atoms with van der Waals surface area (Å²) in [6.07, 6.45) is 7.68. The fraction of sp³-hybridized carbons (Fsp3) is 0.625. The second-order valence-electron chi connectivity index (χ2n) is 5.73. The van der Waals surface area contributed by atoms with Crippen molar-refractivity contribution in [2.75, 3.05) is 7.11 Å². The fourth-order valence-electron chi connectivity index (χ4n) is 3.18. The molecule has 0 amide bonds. The molecule has 0 radical (unpaired) electrons. The van der Waals surface area contributed by atoms with Crippen LogP contribution in [0.3, 0.4) is 0 Å². The fourth-order valence-corrected chi connectivity index (χ4v) is 3.57. The van der Waals surface area contributed by atoms with Gasteiger partial charge in [0.25, 0.3) is 0 Å². The minimum atomic E-state index is -0.220. The summed E-state index contributed by atoms with van der Waals surface area (Å²) < 4.78 is 5.86. The monoisotopic (exact) mass is 315 g/mol. The molecule has 0 heterocycles. The normalized spacial score (nSPS) is 20.4. The molecule has 1 aliphatic rings. The van der Waals surface area contributed by atoms with Crippen molar-refractivity contribution in [2.24, 2.45) is 5.73 Å². The zero-order chi connectivity index (χ0) is 14.6. The Morgan fingerprint density at radius 1 is 1.20 bits per heavy atom. The van der Waals surface area contributed by atoms with Crippen LogP contribution in [0, 0.1) is 0 Å². The van der Waals surface area contributed by atoms with Crippen molar-refractivity contribution in [2.45, 2.75) is 56.6 Å². The van der Waals surface area contributed by atoms with Crippen molar-refractivity contribution in [3.63, 3.8) is 0 Å². The van der Waals surface area contributed by atoms with Crippen LogP contribution in [0.5, 0.6) is 0 Å². The Bertz CT molecular complexity index is 442. The van der Waals surface area contributed by atoms with Gasteiger partial charge in [0.1, 0.15) is 0 Å². The number of hydrogen-bond donors (Lipinski definition) is 1. The maximum absolute atomic E-state index is 6.49. The van der Waals surface area contributed by atoms with Gasteiger partial charge in [-0.25, -0.2) is 0 Å². The van der Waals surface area contributed by atoms with Crippen molar-refractivity contribution in [1.29, 1.82) is 0 Å². The van der Waals surface area contributed by atoms with Crippen molar-refractivity contribution in [3.05, 3.63) is 33.8 Å². The highest BCUT2D eigenvalue weighted by Crippen LogP contribution is 2.34.